The van der Waals surface area contributed by atoms with Crippen molar-refractivity contribution in [2.75, 3.05) is 0 Å². The Morgan fingerprint density at radius 1 is 0.708 bits per heavy atom. The van der Waals surface area contributed by atoms with Gasteiger partial charge in [-0.1, -0.05) is 24.3 Å². The molecule has 24 heavy (non-hydrogen) atoms. The van der Waals surface area contributed by atoms with Crippen LogP contribution in [-0.2, 0) is 9.59 Å². The van der Waals surface area contributed by atoms with Crippen molar-refractivity contribution in [1.29, 1.82) is 0 Å². The molecule has 2 aromatic rings. The molecule has 0 N–H and O–H groups in total. The molecule has 126 valence electrons. The fourth-order valence-corrected chi connectivity index (χ4v) is 1.91. The summed E-state index contributed by atoms with van der Waals surface area (Å²) in [6.45, 7) is 3.11. The van der Waals surface area contributed by atoms with Crippen LogP contribution in [0.5, 0.6) is 11.5 Å². The van der Waals surface area contributed by atoms with Crippen molar-refractivity contribution >= 4 is 35.1 Å². The van der Waals surface area contributed by atoms with Crippen LogP contribution in [0.3, 0.4) is 0 Å². The molecule has 0 saturated carbocycles. The van der Waals surface area contributed by atoms with Gasteiger partial charge in [-0.2, -0.15) is 0 Å². The van der Waals surface area contributed by atoms with Crippen molar-refractivity contribution in [1.82, 2.24) is 0 Å². The molecule has 2 aromatic carbocycles. The van der Waals surface area contributed by atoms with Crippen LogP contribution in [0.15, 0.2) is 48.5 Å². The molecule has 0 fully saturated rings. The second-order valence-corrected chi connectivity index (χ2v) is 6.43. The quantitative estimate of drug-likeness (QED) is 0.446. The van der Waals surface area contributed by atoms with Crippen LogP contribution in [0.25, 0.3) is 11.1 Å². The molecule has 0 bridgehead atoms. The Labute approximate surface area is 150 Å². The van der Waals surface area contributed by atoms with Gasteiger partial charge in [-0.15, -0.1) is 23.2 Å². The van der Waals surface area contributed by atoms with Crippen LogP contribution >= 0.6 is 23.2 Å². The molecule has 2 rings (SSSR count). The van der Waals surface area contributed by atoms with Gasteiger partial charge in [0.1, 0.15) is 22.3 Å². The Hall–Kier alpha value is -2.04. The smallest absolute Gasteiger partial charge is 0.329 e. The number of carbonyl (C=O) groups excluding carboxylic acids is 2. The molecule has 0 amide bonds. The summed E-state index contributed by atoms with van der Waals surface area (Å²) in [5.74, 6) is -0.135. The van der Waals surface area contributed by atoms with E-state index < -0.39 is 22.7 Å². The average molecular weight is 367 g/mol. The first-order valence-corrected chi connectivity index (χ1v) is 8.16. The van der Waals surface area contributed by atoms with Crippen molar-refractivity contribution in [3.05, 3.63) is 48.5 Å². The number of carbonyl (C=O) groups is 2. The Morgan fingerprint density at radius 3 is 1.25 bits per heavy atom. The summed E-state index contributed by atoms with van der Waals surface area (Å²) in [6, 6.07) is 14.1. The third-order valence-corrected chi connectivity index (χ3v) is 3.48. The highest BCUT2D eigenvalue weighted by molar-refractivity contribution is 6.30. The predicted molar refractivity (Wildman–Crippen MR) is 93.8 cm³/mol. The summed E-state index contributed by atoms with van der Waals surface area (Å²) in [6.07, 6.45) is 0. The van der Waals surface area contributed by atoms with Gasteiger partial charge in [0.15, 0.2) is 0 Å². The maximum absolute atomic E-state index is 11.4. The standard InChI is InChI=1S/C18H16Cl2O4/c1-11(19)17(21)23-15-7-3-13(4-8-15)14-5-9-16(10-6-14)24-18(22)12(2)20/h3-12H,1-2H3. The van der Waals surface area contributed by atoms with Gasteiger partial charge in [0.05, 0.1) is 0 Å². The zero-order chi connectivity index (χ0) is 17.7. The average Bonchev–Trinajstić information content (AvgIpc) is 2.56. The molecule has 0 heterocycles. The predicted octanol–water partition coefficient (Wildman–Crippen LogP) is 4.42. The van der Waals surface area contributed by atoms with E-state index in [0.717, 1.165) is 11.1 Å². The van der Waals surface area contributed by atoms with Crippen molar-refractivity contribution in [3.8, 4) is 22.6 Å². The highest BCUT2D eigenvalue weighted by Gasteiger charge is 2.13. The van der Waals surface area contributed by atoms with E-state index in [2.05, 4.69) is 0 Å². The van der Waals surface area contributed by atoms with Gasteiger partial charge < -0.3 is 9.47 Å². The molecule has 0 radical (unpaired) electrons. The monoisotopic (exact) mass is 366 g/mol. The fraction of sp³-hybridized carbons (Fsp3) is 0.222. The van der Waals surface area contributed by atoms with E-state index >= 15 is 0 Å². The molecule has 0 spiro atoms. The highest BCUT2D eigenvalue weighted by Crippen LogP contribution is 2.25. The summed E-state index contributed by atoms with van der Waals surface area (Å²) in [5.41, 5.74) is 1.86. The Morgan fingerprint density at radius 2 is 1.00 bits per heavy atom. The van der Waals surface area contributed by atoms with Crippen molar-refractivity contribution in [3.63, 3.8) is 0 Å². The Balaban J connectivity index is 2.06. The third kappa shape index (κ3) is 4.98. The van der Waals surface area contributed by atoms with Gasteiger partial charge in [-0.05, 0) is 49.2 Å². The SMILES string of the molecule is CC(Cl)C(=O)Oc1ccc(-c2ccc(OC(=O)C(C)Cl)cc2)cc1. The first-order valence-electron chi connectivity index (χ1n) is 7.29. The highest BCUT2D eigenvalue weighted by atomic mass is 35.5. The molecule has 0 aliphatic carbocycles. The van der Waals surface area contributed by atoms with Crippen LogP contribution in [0.1, 0.15) is 13.8 Å². The summed E-state index contributed by atoms with van der Waals surface area (Å²) >= 11 is 11.3. The summed E-state index contributed by atoms with van der Waals surface area (Å²) in [5, 5.41) is -1.40. The lowest BCUT2D eigenvalue weighted by Gasteiger charge is -2.08. The Kier molecular flexibility index (Phi) is 6.23. The summed E-state index contributed by atoms with van der Waals surface area (Å²) < 4.78 is 10.2. The van der Waals surface area contributed by atoms with Gasteiger partial charge in [-0.25, -0.2) is 0 Å². The number of hydrogen-bond donors (Lipinski definition) is 0. The molecule has 6 heteroatoms. The number of alkyl halides is 2. The third-order valence-electron chi connectivity index (χ3n) is 3.13. The number of hydrogen-bond acceptors (Lipinski definition) is 4. The minimum atomic E-state index is -0.698. The van der Waals surface area contributed by atoms with Gasteiger partial charge in [0.25, 0.3) is 0 Å². The normalized spacial score (nSPS) is 13.0. The summed E-state index contributed by atoms with van der Waals surface area (Å²) in [4.78, 5) is 22.9. The van der Waals surface area contributed by atoms with E-state index in [4.69, 9.17) is 32.7 Å². The van der Waals surface area contributed by atoms with Gasteiger partial charge >= 0.3 is 11.9 Å². The molecule has 0 aliphatic heterocycles. The first kappa shape index (κ1) is 18.3. The van der Waals surface area contributed by atoms with Crippen molar-refractivity contribution in [2.45, 2.75) is 24.6 Å². The molecule has 0 aliphatic rings. The second-order valence-electron chi connectivity index (χ2n) is 5.12. The topological polar surface area (TPSA) is 52.6 Å². The number of esters is 2. The first-order chi connectivity index (χ1) is 11.4. The van der Waals surface area contributed by atoms with Gasteiger partial charge in [0, 0.05) is 0 Å². The van der Waals surface area contributed by atoms with E-state index in [1.54, 1.807) is 38.1 Å². The van der Waals surface area contributed by atoms with E-state index in [-0.39, 0.29) is 0 Å². The maximum Gasteiger partial charge on any atom is 0.329 e. The van der Waals surface area contributed by atoms with Crippen LogP contribution in [0.2, 0.25) is 0 Å². The van der Waals surface area contributed by atoms with Crippen LogP contribution < -0.4 is 9.47 Å². The molecule has 4 nitrogen and oxygen atoms in total. The number of rotatable bonds is 5. The fourth-order valence-electron chi connectivity index (χ4n) is 1.83. The zero-order valence-corrected chi connectivity index (χ0v) is 14.7. The molecule has 0 saturated heterocycles. The largest absolute Gasteiger partial charge is 0.425 e. The Bertz CT molecular complexity index is 643. The van der Waals surface area contributed by atoms with E-state index in [0.29, 0.717) is 11.5 Å². The number of ether oxygens (including phenoxy) is 2. The molecule has 2 atom stereocenters. The van der Waals surface area contributed by atoms with E-state index in [1.807, 2.05) is 24.3 Å². The lowest BCUT2D eigenvalue weighted by Crippen LogP contribution is -2.17. The molecular weight excluding hydrogens is 351 g/mol. The van der Waals surface area contributed by atoms with Crippen molar-refractivity contribution < 1.29 is 19.1 Å². The van der Waals surface area contributed by atoms with Crippen LogP contribution in [0.4, 0.5) is 0 Å². The minimum absolute atomic E-state index is 0.429. The van der Waals surface area contributed by atoms with E-state index in [1.165, 1.54) is 0 Å². The van der Waals surface area contributed by atoms with Gasteiger partial charge in [0.2, 0.25) is 0 Å². The number of halogens is 2. The van der Waals surface area contributed by atoms with Gasteiger partial charge in [-0.3, -0.25) is 9.59 Å². The lowest BCUT2D eigenvalue weighted by molar-refractivity contribution is -0.134. The molecular formula is C18H16Cl2O4. The molecule has 2 unspecified atom stereocenters. The van der Waals surface area contributed by atoms with Crippen LogP contribution in [-0.4, -0.2) is 22.7 Å². The van der Waals surface area contributed by atoms with Crippen LogP contribution in [0, 0.1) is 0 Å². The zero-order valence-electron chi connectivity index (χ0n) is 13.2. The lowest BCUT2D eigenvalue weighted by atomic mass is 10.1. The maximum atomic E-state index is 11.4. The second kappa shape index (κ2) is 8.18. The minimum Gasteiger partial charge on any atom is -0.425 e. The van der Waals surface area contributed by atoms with E-state index in [9.17, 15) is 9.59 Å². The molecule has 0 aromatic heterocycles. The number of benzene rings is 2. The van der Waals surface area contributed by atoms with Crippen molar-refractivity contribution in [2.24, 2.45) is 0 Å². The summed E-state index contributed by atoms with van der Waals surface area (Å²) in [7, 11) is 0.